The number of thiophene rings is 1. The maximum Gasteiger partial charge on any atom is 0.330 e. The van der Waals surface area contributed by atoms with Crippen molar-refractivity contribution in [3.8, 4) is 0 Å². The fraction of sp³-hybridized carbons (Fsp3) is 0.154. The van der Waals surface area contributed by atoms with Crippen LogP contribution in [0.5, 0.6) is 0 Å². The summed E-state index contributed by atoms with van der Waals surface area (Å²) in [7, 11) is 0. The van der Waals surface area contributed by atoms with Crippen LogP contribution >= 0.6 is 11.3 Å². The van der Waals surface area contributed by atoms with Crippen LogP contribution in [0.3, 0.4) is 0 Å². The first kappa shape index (κ1) is 10.9. The van der Waals surface area contributed by atoms with Gasteiger partial charge in [0.05, 0.1) is 6.61 Å². The summed E-state index contributed by atoms with van der Waals surface area (Å²) in [6, 6.07) is 8.11. The molecule has 0 amide bonds. The molecule has 2 rings (SSSR count). The van der Waals surface area contributed by atoms with Crippen molar-refractivity contribution in [1.29, 1.82) is 0 Å². The standard InChI is InChI=1S/C13H12O2S/c1-2-15-13(14)7-6-10-4-3-5-12-11(10)8-9-16-12/h3-9H,2H2,1H3. The molecule has 2 aromatic rings. The van der Waals surface area contributed by atoms with E-state index < -0.39 is 0 Å². The second kappa shape index (κ2) is 4.94. The van der Waals surface area contributed by atoms with E-state index in [2.05, 4.69) is 12.1 Å². The Kier molecular flexibility index (Phi) is 3.37. The molecular formula is C13H12O2S. The van der Waals surface area contributed by atoms with Gasteiger partial charge < -0.3 is 4.74 Å². The van der Waals surface area contributed by atoms with Crippen LogP contribution in [0.4, 0.5) is 0 Å². The predicted molar refractivity (Wildman–Crippen MR) is 67.5 cm³/mol. The number of esters is 1. The average molecular weight is 232 g/mol. The zero-order chi connectivity index (χ0) is 11.4. The second-order valence-electron chi connectivity index (χ2n) is 3.27. The van der Waals surface area contributed by atoms with Crippen molar-refractivity contribution in [1.82, 2.24) is 0 Å². The van der Waals surface area contributed by atoms with Crippen molar-refractivity contribution in [2.24, 2.45) is 0 Å². The Bertz CT molecular complexity index is 525. The highest BCUT2D eigenvalue weighted by Crippen LogP contribution is 2.24. The molecule has 0 saturated carbocycles. The maximum atomic E-state index is 11.2. The van der Waals surface area contributed by atoms with Crippen molar-refractivity contribution in [2.75, 3.05) is 6.61 Å². The van der Waals surface area contributed by atoms with E-state index in [1.54, 1.807) is 24.3 Å². The van der Waals surface area contributed by atoms with E-state index in [1.165, 1.54) is 16.2 Å². The summed E-state index contributed by atoms with van der Waals surface area (Å²) >= 11 is 1.70. The van der Waals surface area contributed by atoms with Crippen LogP contribution in [0.2, 0.25) is 0 Å². The lowest BCUT2D eigenvalue weighted by molar-refractivity contribution is -0.137. The van der Waals surface area contributed by atoms with Crippen LogP contribution in [0.1, 0.15) is 12.5 Å². The molecular weight excluding hydrogens is 220 g/mol. The van der Waals surface area contributed by atoms with E-state index in [9.17, 15) is 4.79 Å². The number of hydrogen-bond donors (Lipinski definition) is 0. The summed E-state index contributed by atoms with van der Waals surface area (Å²) in [6.07, 6.45) is 3.27. The summed E-state index contributed by atoms with van der Waals surface area (Å²) in [5, 5.41) is 3.22. The lowest BCUT2D eigenvalue weighted by Gasteiger charge is -1.97. The van der Waals surface area contributed by atoms with Gasteiger partial charge in [0.2, 0.25) is 0 Å². The summed E-state index contributed by atoms with van der Waals surface area (Å²) in [5.74, 6) is -0.297. The van der Waals surface area contributed by atoms with Crippen LogP contribution in [0.25, 0.3) is 16.2 Å². The normalized spacial score (nSPS) is 11.1. The first-order valence-corrected chi connectivity index (χ1v) is 6.00. The average Bonchev–Trinajstić information content (AvgIpc) is 2.75. The smallest absolute Gasteiger partial charge is 0.330 e. The van der Waals surface area contributed by atoms with E-state index in [0.29, 0.717) is 6.61 Å². The molecule has 0 saturated heterocycles. The van der Waals surface area contributed by atoms with E-state index in [4.69, 9.17) is 4.74 Å². The van der Waals surface area contributed by atoms with Crippen LogP contribution < -0.4 is 0 Å². The number of rotatable bonds is 3. The highest BCUT2D eigenvalue weighted by molar-refractivity contribution is 7.17. The number of fused-ring (bicyclic) bond motifs is 1. The first-order chi connectivity index (χ1) is 7.81. The molecule has 0 bridgehead atoms. The molecule has 0 aliphatic heterocycles. The van der Waals surface area contributed by atoms with Gasteiger partial charge in [-0.3, -0.25) is 0 Å². The van der Waals surface area contributed by atoms with Crippen molar-refractivity contribution < 1.29 is 9.53 Å². The molecule has 0 unspecified atom stereocenters. The van der Waals surface area contributed by atoms with Gasteiger partial charge in [0.1, 0.15) is 0 Å². The quantitative estimate of drug-likeness (QED) is 0.598. The van der Waals surface area contributed by atoms with E-state index in [0.717, 1.165) is 5.56 Å². The van der Waals surface area contributed by atoms with Crippen LogP contribution in [-0.2, 0) is 9.53 Å². The molecule has 0 fully saturated rings. The van der Waals surface area contributed by atoms with Gasteiger partial charge in [-0.15, -0.1) is 11.3 Å². The molecule has 0 spiro atoms. The molecule has 0 aliphatic carbocycles. The third-order valence-corrected chi connectivity index (χ3v) is 3.10. The Morgan fingerprint density at radius 3 is 3.12 bits per heavy atom. The fourth-order valence-corrected chi connectivity index (χ4v) is 2.33. The Hall–Kier alpha value is -1.61. The van der Waals surface area contributed by atoms with Crippen LogP contribution in [-0.4, -0.2) is 12.6 Å². The molecule has 1 aromatic carbocycles. The van der Waals surface area contributed by atoms with Gasteiger partial charge in [-0.25, -0.2) is 4.79 Å². The van der Waals surface area contributed by atoms with E-state index >= 15 is 0 Å². The largest absolute Gasteiger partial charge is 0.463 e. The molecule has 16 heavy (non-hydrogen) atoms. The van der Waals surface area contributed by atoms with E-state index in [1.807, 2.05) is 17.5 Å². The zero-order valence-corrected chi connectivity index (χ0v) is 9.79. The highest BCUT2D eigenvalue weighted by Gasteiger charge is 1.99. The Morgan fingerprint density at radius 2 is 2.31 bits per heavy atom. The molecule has 0 radical (unpaired) electrons. The van der Waals surface area contributed by atoms with Gasteiger partial charge >= 0.3 is 5.97 Å². The Labute approximate surface area is 98.2 Å². The van der Waals surface area contributed by atoms with Crippen molar-refractivity contribution in [3.05, 3.63) is 41.3 Å². The zero-order valence-electron chi connectivity index (χ0n) is 8.97. The first-order valence-electron chi connectivity index (χ1n) is 5.12. The summed E-state index contributed by atoms with van der Waals surface area (Å²) in [6.45, 7) is 2.21. The summed E-state index contributed by atoms with van der Waals surface area (Å²) in [5.41, 5.74) is 1.05. The molecule has 2 nitrogen and oxygen atoms in total. The van der Waals surface area contributed by atoms with Crippen LogP contribution in [0, 0.1) is 0 Å². The molecule has 1 aromatic heterocycles. The molecule has 0 atom stereocenters. The molecule has 1 heterocycles. The maximum absolute atomic E-state index is 11.2. The molecule has 3 heteroatoms. The summed E-state index contributed by atoms with van der Waals surface area (Å²) < 4.78 is 6.06. The lowest BCUT2D eigenvalue weighted by Crippen LogP contribution is -1.98. The van der Waals surface area contributed by atoms with Crippen molar-refractivity contribution in [2.45, 2.75) is 6.92 Å². The Balaban J connectivity index is 2.27. The number of hydrogen-bond acceptors (Lipinski definition) is 3. The third-order valence-electron chi connectivity index (χ3n) is 2.22. The van der Waals surface area contributed by atoms with Gasteiger partial charge in [0, 0.05) is 10.8 Å². The molecule has 0 N–H and O–H groups in total. The van der Waals surface area contributed by atoms with Gasteiger partial charge in [0.15, 0.2) is 0 Å². The monoisotopic (exact) mass is 232 g/mol. The van der Waals surface area contributed by atoms with Crippen molar-refractivity contribution >= 4 is 33.5 Å². The SMILES string of the molecule is CCOC(=O)C=Cc1cccc2sccc12. The van der Waals surface area contributed by atoms with E-state index in [-0.39, 0.29) is 5.97 Å². The predicted octanol–water partition coefficient (Wildman–Crippen LogP) is 3.48. The van der Waals surface area contributed by atoms with Gasteiger partial charge in [-0.05, 0) is 41.5 Å². The third kappa shape index (κ3) is 2.31. The number of carbonyl (C=O) groups excluding carboxylic acids is 1. The minimum absolute atomic E-state index is 0.297. The lowest BCUT2D eigenvalue weighted by atomic mass is 10.1. The minimum Gasteiger partial charge on any atom is -0.463 e. The topological polar surface area (TPSA) is 26.3 Å². The van der Waals surface area contributed by atoms with Gasteiger partial charge in [-0.1, -0.05) is 12.1 Å². The van der Waals surface area contributed by atoms with Crippen LogP contribution in [0.15, 0.2) is 35.7 Å². The fourth-order valence-electron chi connectivity index (χ4n) is 1.51. The summed E-state index contributed by atoms with van der Waals surface area (Å²) in [4.78, 5) is 11.2. The van der Waals surface area contributed by atoms with Crippen molar-refractivity contribution in [3.63, 3.8) is 0 Å². The molecule has 82 valence electrons. The Morgan fingerprint density at radius 1 is 1.44 bits per heavy atom. The van der Waals surface area contributed by atoms with Gasteiger partial charge in [0.25, 0.3) is 0 Å². The minimum atomic E-state index is -0.297. The number of carbonyl (C=O) groups is 1. The van der Waals surface area contributed by atoms with Gasteiger partial charge in [-0.2, -0.15) is 0 Å². The molecule has 0 aliphatic rings. The highest BCUT2D eigenvalue weighted by atomic mass is 32.1. The number of ether oxygens (including phenoxy) is 1. The number of benzene rings is 1. The second-order valence-corrected chi connectivity index (χ2v) is 4.21.